The molecule has 0 N–H and O–H groups in total. The van der Waals surface area contributed by atoms with E-state index >= 15 is 0 Å². The molecule has 1 fully saturated rings. The third-order valence-electron chi connectivity index (χ3n) is 4.74. The molecule has 0 aromatic carbocycles. The number of likely N-dealkylation sites (tertiary alicyclic amines) is 1. The first kappa shape index (κ1) is 17.9. The van der Waals surface area contributed by atoms with Gasteiger partial charge in [0.15, 0.2) is 0 Å². The topological polar surface area (TPSA) is 53.5 Å². The molecule has 5 nitrogen and oxygen atoms in total. The smallest absolute Gasteiger partial charge is 0.263 e. The molecule has 6 heteroatoms. The number of hydrogen-bond donors (Lipinski definition) is 0. The minimum absolute atomic E-state index is 0.00233. The van der Waals surface area contributed by atoms with E-state index in [-0.39, 0.29) is 23.7 Å². The van der Waals surface area contributed by atoms with Gasteiger partial charge in [-0.25, -0.2) is 4.98 Å². The number of hydrogen-bond acceptors (Lipinski definition) is 4. The number of piperidine rings is 1. The number of rotatable bonds is 3. The first-order chi connectivity index (χ1) is 11.9. The third kappa shape index (κ3) is 3.40. The summed E-state index contributed by atoms with van der Waals surface area (Å²) in [7, 11) is 3.55. The van der Waals surface area contributed by atoms with Gasteiger partial charge in [-0.2, -0.15) is 0 Å². The quantitative estimate of drug-likeness (QED) is 0.844. The van der Waals surface area contributed by atoms with Crippen LogP contribution in [-0.4, -0.2) is 53.8 Å². The maximum absolute atomic E-state index is 12.7. The fraction of sp³-hybridized carbons (Fsp3) is 0.526. The number of carbonyl (C=O) groups excluding carboxylic acids is 2. The van der Waals surface area contributed by atoms with Crippen LogP contribution in [-0.2, 0) is 4.79 Å². The molecule has 0 aliphatic carbocycles. The number of amides is 2. The Kier molecular flexibility index (Phi) is 5.08. The van der Waals surface area contributed by atoms with E-state index in [1.54, 1.807) is 25.2 Å². The average molecular weight is 359 g/mol. The van der Waals surface area contributed by atoms with Gasteiger partial charge in [-0.15, -0.1) is 11.3 Å². The lowest BCUT2D eigenvalue weighted by atomic mass is 9.88. The Morgan fingerprint density at radius 3 is 2.80 bits per heavy atom. The second kappa shape index (κ2) is 7.12. The first-order valence-corrected chi connectivity index (χ1v) is 9.59. The molecular formula is C19H25N3O2S. The monoisotopic (exact) mass is 359 g/mol. The highest BCUT2D eigenvalue weighted by Crippen LogP contribution is 2.39. The number of fused-ring (bicyclic) bond motifs is 1. The first-order valence-electron chi connectivity index (χ1n) is 8.78. The third-order valence-corrected chi connectivity index (χ3v) is 5.86. The van der Waals surface area contributed by atoms with Crippen LogP contribution in [0.1, 0.15) is 47.8 Å². The van der Waals surface area contributed by atoms with Crippen molar-refractivity contribution in [1.29, 1.82) is 0 Å². The van der Waals surface area contributed by atoms with Crippen LogP contribution in [0, 0.1) is 5.92 Å². The highest BCUT2D eigenvalue weighted by molar-refractivity contribution is 7.20. The molecular weight excluding hydrogens is 334 g/mol. The van der Waals surface area contributed by atoms with E-state index in [1.807, 2.05) is 30.9 Å². The second-order valence-corrected chi connectivity index (χ2v) is 8.18. The number of thiophene rings is 1. The molecule has 2 aromatic rings. The molecule has 0 spiro atoms. The lowest BCUT2D eigenvalue weighted by Crippen LogP contribution is -2.41. The molecule has 1 aliphatic heterocycles. The summed E-state index contributed by atoms with van der Waals surface area (Å²) in [4.78, 5) is 34.9. The van der Waals surface area contributed by atoms with Crippen molar-refractivity contribution in [3.05, 3.63) is 28.8 Å². The van der Waals surface area contributed by atoms with Gasteiger partial charge in [0.05, 0.1) is 4.88 Å². The molecule has 2 amide bonds. The predicted octanol–water partition coefficient (Wildman–Crippen LogP) is 3.36. The molecule has 3 heterocycles. The summed E-state index contributed by atoms with van der Waals surface area (Å²) < 4.78 is 0. The Hall–Kier alpha value is -1.95. The van der Waals surface area contributed by atoms with E-state index in [2.05, 4.69) is 4.98 Å². The Balaban J connectivity index is 2.03. The molecule has 1 saturated heterocycles. The summed E-state index contributed by atoms with van der Waals surface area (Å²) >= 11 is 1.46. The van der Waals surface area contributed by atoms with Gasteiger partial charge in [0.25, 0.3) is 5.91 Å². The molecule has 1 atom stereocenters. The van der Waals surface area contributed by atoms with E-state index in [0.717, 1.165) is 40.0 Å². The Bertz CT molecular complexity index is 797. The van der Waals surface area contributed by atoms with Crippen molar-refractivity contribution in [2.24, 2.45) is 5.92 Å². The number of aromatic nitrogens is 1. The molecule has 0 saturated carbocycles. The van der Waals surface area contributed by atoms with Crippen LogP contribution in [0.3, 0.4) is 0 Å². The predicted molar refractivity (Wildman–Crippen MR) is 101 cm³/mol. The number of carbonyl (C=O) groups is 2. The maximum atomic E-state index is 12.7. The van der Waals surface area contributed by atoms with Gasteiger partial charge in [-0.3, -0.25) is 9.59 Å². The minimum Gasteiger partial charge on any atom is -0.344 e. The average Bonchev–Trinajstić information content (AvgIpc) is 2.99. The molecule has 25 heavy (non-hydrogen) atoms. The fourth-order valence-electron chi connectivity index (χ4n) is 3.50. The van der Waals surface area contributed by atoms with Crippen molar-refractivity contribution in [3.63, 3.8) is 0 Å². The Morgan fingerprint density at radius 1 is 1.36 bits per heavy atom. The molecule has 1 unspecified atom stereocenters. The van der Waals surface area contributed by atoms with Crippen LogP contribution >= 0.6 is 11.3 Å². The maximum Gasteiger partial charge on any atom is 0.263 e. The van der Waals surface area contributed by atoms with Crippen molar-refractivity contribution in [2.75, 3.05) is 27.2 Å². The van der Waals surface area contributed by atoms with E-state index in [1.165, 1.54) is 11.3 Å². The van der Waals surface area contributed by atoms with E-state index in [0.29, 0.717) is 6.54 Å². The number of pyridine rings is 1. The van der Waals surface area contributed by atoms with Crippen molar-refractivity contribution in [2.45, 2.75) is 32.6 Å². The van der Waals surface area contributed by atoms with Gasteiger partial charge in [0.1, 0.15) is 4.83 Å². The highest BCUT2D eigenvalue weighted by atomic mass is 32.1. The van der Waals surface area contributed by atoms with Gasteiger partial charge in [0.2, 0.25) is 5.91 Å². The second-order valence-electron chi connectivity index (χ2n) is 7.18. The zero-order valence-corrected chi connectivity index (χ0v) is 16.1. The summed E-state index contributed by atoms with van der Waals surface area (Å²) in [5.41, 5.74) is 1.08. The van der Waals surface area contributed by atoms with Crippen LogP contribution in [0.4, 0.5) is 0 Å². The van der Waals surface area contributed by atoms with Crippen molar-refractivity contribution in [1.82, 2.24) is 14.8 Å². The SMILES string of the molecule is CC(C)C(=O)N1CCCC(c2c(C(=O)N(C)C)sc3ncccc23)C1. The fourth-order valence-corrected chi connectivity index (χ4v) is 4.75. The van der Waals surface area contributed by atoms with Gasteiger partial charge in [-0.1, -0.05) is 19.9 Å². The molecule has 0 radical (unpaired) electrons. The summed E-state index contributed by atoms with van der Waals surface area (Å²) in [6.45, 7) is 5.38. The lowest BCUT2D eigenvalue weighted by Gasteiger charge is -2.34. The summed E-state index contributed by atoms with van der Waals surface area (Å²) in [6, 6.07) is 3.96. The van der Waals surface area contributed by atoms with Crippen LogP contribution < -0.4 is 0 Å². The molecule has 134 valence electrons. The van der Waals surface area contributed by atoms with Gasteiger partial charge >= 0.3 is 0 Å². The zero-order valence-electron chi connectivity index (χ0n) is 15.3. The van der Waals surface area contributed by atoms with Gasteiger partial charge in [0, 0.05) is 50.6 Å². The van der Waals surface area contributed by atoms with Crippen LogP contribution in [0.15, 0.2) is 18.3 Å². The Morgan fingerprint density at radius 2 is 2.12 bits per heavy atom. The minimum atomic E-state index is 0.00233. The standard InChI is InChI=1S/C19H25N3O2S/c1-12(2)18(23)22-10-6-7-13(11-22)15-14-8-5-9-20-17(14)25-16(15)19(24)21(3)4/h5,8-9,12-13H,6-7,10-11H2,1-4H3. The summed E-state index contributed by atoms with van der Waals surface area (Å²) in [5, 5.41) is 1.06. The van der Waals surface area contributed by atoms with Crippen molar-refractivity contribution >= 4 is 33.4 Å². The van der Waals surface area contributed by atoms with E-state index < -0.39 is 0 Å². The summed E-state index contributed by atoms with van der Waals surface area (Å²) in [5.74, 6) is 0.406. The molecule has 1 aliphatic rings. The normalized spacial score (nSPS) is 18.0. The molecule has 3 rings (SSSR count). The van der Waals surface area contributed by atoms with E-state index in [9.17, 15) is 9.59 Å². The number of nitrogens with zero attached hydrogens (tertiary/aromatic N) is 3. The largest absolute Gasteiger partial charge is 0.344 e. The lowest BCUT2D eigenvalue weighted by molar-refractivity contribution is -0.135. The van der Waals surface area contributed by atoms with Crippen LogP contribution in [0.2, 0.25) is 0 Å². The molecule has 0 bridgehead atoms. The molecule has 2 aromatic heterocycles. The Labute approximate surface area is 152 Å². The van der Waals surface area contributed by atoms with Crippen molar-refractivity contribution < 1.29 is 9.59 Å². The van der Waals surface area contributed by atoms with Crippen LogP contribution in [0.5, 0.6) is 0 Å². The van der Waals surface area contributed by atoms with Gasteiger partial charge in [-0.05, 0) is 24.5 Å². The zero-order chi connectivity index (χ0) is 18.1. The van der Waals surface area contributed by atoms with Crippen LogP contribution in [0.25, 0.3) is 10.2 Å². The van der Waals surface area contributed by atoms with Gasteiger partial charge < -0.3 is 9.80 Å². The van der Waals surface area contributed by atoms with Crippen molar-refractivity contribution in [3.8, 4) is 0 Å². The van der Waals surface area contributed by atoms with E-state index in [4.69, 9.17) is 0 Å². The highest BCUT2D eigenvalue weighted by Gasteiger charge is 2.31. The summed E-state index contributed by atoms with van der Waals surface area (Å²) in [6.07, 6.45) is 3.73.